The molecule has 460 valence electrons. The van der Waals surface area contributed by atoms with Gasteiger partial charge in [-0.3, -0.25) is 0 Å². The summed E-state index contributed by atoms with van der Waals surface area (Å²) in [4.78, 5) is 49.8. The standard InChI is InChI=1S/2C32H54O7S.Ca/c2*1-3-4-5-6-7-8-9-10-11-12-13-14-15-16-17-18-19-22-26-38-31(33)29-23-20-21-24-30(29)32(34)39-27-25-28(2)40(35,36)37;/h2*20-21,23-24,28H,3-19,22,25-27H2,1-2H3,(H,35,36,37);/q;;+2/p-2. The average Bonchev–Trinajstić information content (AvgIpc) is 3.44. The first-order valence-corrected chi connectivity index (χ1v) is 34.2. The van der Waals surface area contributed by atoms with Crippen molar-refractivity contribution in [3.8, 4) is 0 Å². The average molecular weight is 1200 g/mol. The van der Waals surface area contributed by atoms with Crippen molar-refractivity contribution in [1.82, 2.24) is 0 Å². The van der Waals surface area contributed by atoms with E-state index in [9.17, 15) is 45.1 Å². The largest absolute Gasteiger partial charge is 2.00 e. The monoisotopic (exact) mass is 1200 g/mol. The van der Waals surface area contributed by atoms with Crippen LogP contribution in [0.5, 0.6) is 0 Å². The van der Waals surface area contributed by atoms with Crippen molar-refractivity contribution in [3.63, 3.8) is 0 Å². The Labute approximate surface area is 521 Å². The first-order chi connectivity index (χ1) is 38.5. The summed E-state index contributed by atoms with van der Waals surface area (Å²) in [5, 5.41) is -2.32. The van der Waals surface area contributed by atoms with Crippen LogP contribution in [0.3, 0.4) is 0 Å². The minimum absolute atomic E-state index is 0. The fraction of sp³-hybridized carbons (Fsp3) is 0.750. The van der Waals surface area contributed by atoms with Crippen LogP contribution in [0.1, 0.15) is 313 Å². The van der Waals surface area contributed by atoms with Gasteiger partial charge >= 0.3 is 61.6 Å². The number of hydrogen-bond acceptors (Lipinski definition) is 14. The molecule has 14 nitrogen and oxygen atoms in total. The first kappa shape index (κ1) is 78.4. The number of unbranched alkanes of at least 4 members (excludes halogenated alkanes) is 34. The van der Waals surface area contributed by atoms with E-state index in [1.807, 2.05) is 0 Å². The third kappa shape index (κ3) is 42.8. The molecular formula is C64H106CaO14S2. The normalized spacial score (nSPS) is 12.1. The van der Waals surface area contributed by atoms with Crippen molar-refractivity contribution in [2.24, 2.45) is 0 Å². The van der Waals surface area contributed by atoms with E-state index in [0.29, 0.717) is 13.2 Å². The molecule has 0 aliphatic heterocycles. The molecule has 0 spiro atoms. The summed E-state index contributed by atoms with van der Waals surface area (Å²) in [7, 11) is -8.87. The van der Waals surface area contributed by atoms with Crippen LogP contribution in [0.2, 0.25) is 0 Å². The van der Waals surface area contributed by atoms with Crippen LogP contribution in [0.4, 0.5) is 0 Å². The Morgan fingerprint density at radius 2 is 0.506 bits per heavy atom. The Morgan fingerprint density at radius 1 is 0.333 bits per heavy atom. The van der Waals surface area contributed by atoms with Crippen molar-refractivity contribution >= 4 is 81.9 Å². The predicted octanol–water partition coefficient (Wildman–Crippen LogP) is 16.4. The molecule has 0 fully saturated rings. The molecule has 2 aromatic rings. The van der Waals surface area contributed by atoms with E-state index in [1.54, 1.807) is 24.3 Å². The van der Waals surface area contributed by atoms with E-state index in [2.05, 4.69) is 13.8 Å². The van der Waals surface area contributed by atoms with Gasteiger partial charge in [-0.2, -0.15) is 0 Å². The summed E-state index contributed by atoms with van der Waals surface area (Å²) in [6, 6.07) is 12.4. The van der Waals surface area contributed by atoms with Gasteiger partial charge in [-0.1, -0.05) is 256 Å². The number of hydrogen-bond donors (Lipinski definition) is 0. The van der Waals surface area contributed by atoms with Gasteiger partial charge in [0.15, 0.2) is 0 Å². The number of rotatable bonds is 50. The van der Waals surface area contributed by atoms with Crippen molar-refractivity contribution in [2.75, 3.05) is 26.4 Å². The summed E-state index contributed by atoms with van der Waals surface area (Å²) >= 11 is 0. The molecule has 81 heavy (non-hydrogen) atoms. The van der Waals surface area contributed by atoms with Gasteiger partial charge in [0.25, 0.3) is 0 Å². The Balaban J connectivity index is 0.00000156. The van der Waals surface area contributed by atoms with Crippen LogP contribution in [0, 0.1) is 0 Å². The minimum atomic E-state index is -4.43. The van der Waals surface area contributed by atoms with Gasteiger partial charge in [-0.15, -0.1) is 0 Å². The van der Waals surface area contributed by atoms with Crippen LogP contribution in [-0.2, 0) is 39.2 Å². The summed E-state index contributed by atoms with van der Waals surface area (Å²) in [6.07, 6.45) is 46.2. The maximum Gasteiger partial charge on any atom is 2.00 e. The van der Waals surface area contributed by atoms with E-state index in [0.717, 1.165) is 38.5 Å². The Morgan fingerprint density at radius 3 is 0.691 bits per heavy atom. The van der Waals surface area contributed by atoms with Crippen molar-refractivity contribution in [1.29, 1.82) is 0 Å². The van der Waals surface area contributed by atoms with Gasteiger partial charge in [-0.05, 0) is 63.8 Å². The minimum Gasteiger partial charge on any atom is -0.748 e. The van der Waals surface area contributed by atoms with E-state index in [4.69, 9.17) is 18.9 Å². The molecule has 2 atom stereocenters. The number of ether oxygens (including phenoxy) is 4. The van der Waals surface area contributed by atoms with Crippen LogP contribution in [0.15, 0.2) is 48.5 Å². The van der Waals surface area contributed by atoms with Crippen LogP contribution in [0.25, 0.3) is 0 Å². The molecule has 2 rings (SSSR count). The van der Waals surface area contributed by atoms with Gasteiger partial charge in [-0.25, -0.2) is 36.0 Å². The third-order valence-corrected chi connectivity index (χ3v) is 17.1. The molecule has 0 bridgehead atoms. The van der Waals surface area contributed by atoms with E-state index < -0.39 is 54.6 Å². The molecule has 0 radical (unpaired) electrons. The van der Waals surface area contributed by atoms with Gasteiger partial charge in [0.1, 0.15) is 0 Å². The first-order valence-electron chi connectivity index (χ1n) is 31.3. The molecule has 0 saturated heterocycles. The quantitative estimate of drug-likeness (QED) is 0.0198. The SMILES string of the molecule is CCCCCCCCCCCCCCCCCCCCOC(=O)c1ccccc1C(=O)OCCC(C)S(=O)(=O)[O-].CCCCCCCCCCCCCCCCCCCCOC(=O)c1ccccc1C(=O)OCCC(C)S(=O)(=O)[O-].[Ca+2]. The zero-order valence-corrected chi connectivity index (χ0v) is 54.6. The van der Waals surface area contributed by atoms with E-state index in [-0.39, 0.29) is 86.0 Å². The van der Waals surface area contributed by atoms with Crippen molar-refractivity contribution < 1.29 is 64.1 Å². The number of carbonyl (C=O) groups is 4. The smallest absolute Gasteiger partial charge is 0.748 e. The fourth-order valence-corrected chi connectivity index (χ4v) is 10.0. The molecule has 0 heterocycles. The van der Waals surface area contributed by atoms with Gasteiger partial charge in [0.05, 0.1) is 68.9 Å². The van der Waals surface area contributed by atoms with Crippen LogP contribution in [-0.4, -0.2) is 124 Å². The molecule has 0 amide bonds. The van der Waals surface area contributed by atoms with Crippen LogP contribution >= 0.6 is 0 Å². The topological polar surface area (TPSA) is 220 Å². The second-order valence-electron chi connectivity index (χ2n) is 21.8. The molecule has 0 saturated carbocycles. The maximum absolute atomic E-state index is 12.5. The zero-order valence-electron chi connectivity index (χ0n) is 50.7. The predicted molar refractivity (Wildman–Crippen MR) is 325 cm³/mol. The zero-order chi connectivity index (χ0) is 59.0. The van der Waals surface area contributed by atoms with Gasteiger partial charge < -0.3 is 28.1 Å². The summed E-state index contributed by atoms with van der Waals surface area (Å²) in [5.41, 5.74) is 0.338. The summed E-state index contributed by atoms with van der Waals surface area (Å²) < 4.78 is 86.7. The van der Waals surface area contributed by atoms with Gasteiger partial charge in [0, 0.05) is 10.5 Å². The number of esters is 4. The van der Waals surface area contributed by atoms with E-state index >= 15 is 0 Å². The van der Waals surface area contributed by atoms with Crippen molar-refractivity contribution in [3.05, 3.63) is 70.8 Å². The van der Waals surface area contributed by atoms with E-state index in [1.165, 1.54) is 231 Å². The molecule has 0 aliphatic carbocycles. The molecular weight excluding hydrogens is 1100 g/mol. The molecule has 17 heteroatoms. The molecule has 0 aliphatic rings. The second kappa shape index (κ2) is 51.8. The maximum atomic E-state index is 12.5. The Bertz CT molecular complexity index is 1980. The van der Waals surface area contributed by atoms with Gasteiger partial charge in [0.2, 0.25) is 0 Å². The number of carbonyl (C=O) groups excluding carboxylic acids is 4. The third-order valence-electron chi connectivity index (χ3n) is 14.7. The number of benzene rings is 2. The fourth-order valence-electron chi connectivity index (χ4n) is 9.25. The molecule has 2 aromatic carbocycles. The molecule has 0 N–H and O–H groups in total. The second-order valence-corrected chi connectivity index (χ2v) is 25.4. The Hall–Kier alpha value is -2.60. The summed E-state index contributed by atoms with van der Waals surface area (Å²) in [5.74, 6) is -2.68. The van der Waals surface area contributed by atoms with Crippen LogP contribution < -0.4 is 0 Å². The van der Waals surface area contributed by atoms with Crippen molar-refractivity contribution in [2.45, 2.75) is 282 Å². The summed E-state index contributed by atoms with van der Waals surface area (Å²) in [6.45, 7) is 7.18. The Kier molecular flexibility index (Phi) is 50.1. The molecule has 2 unspecified atom stereocenters. The molecule has 0 aromatic heterocycles.